The Balaban J connectivity index is 0.979. The smallest absolute Gasteiger partial charge is 0.164 e. The molecule has 284 valence electrons. The maximum Gasteiger partial charge on any atom is 0.164 e. The maximum atomic E-state index is 6.77. The van der Waals surface area contributed by atoms with Crippen LogP contribution in [0.2, 0.25) is 0 Å². The predicted octanol–water partition coefficient (Wildman–Crippen LogP) is 14.6. The molecule has 0 N–H and O–H groups in total. The highest BCUT2D eigenvalue weighted by Crippen LogP contribution is 2.43. The van der Waals surface area contributed by atoms with E-state index in [0.29, 0.717) is 17.5 Å². The molecule has 5 heteroatoms. The average Bonchev–Trinajstić information content (AvgIpc) is 3.74. The molecule has 3 heterocycles. The zero-order chi connectivity index (χ0) is 40.3. The Morgan fingerprint density at radius 1 is 0.311 bits per heavy atom. The molecule has 5 nitrogen and oxygen atoms in total. The molecule has 0 unspecified atom stereocenters. The Bertz CT molecular complexity index is 3590. The number of hydrogen-bond acceptors (Lipinski definition) is 5. The van der Waals surface area contributed by atoms with E-state index in [-0.39, 0.29) is 0 Å². The van der Waals surface area contributed by atoms with E-state index >= 15 is 0 Å². The maximum absolute atomic E-state index is 6.77. The molecule has 0 radical (unpaired) electrons. The quantitative estimate of drug-likeness (QED) is 0.157. The second-order valence-electron chi connectivity index (χ2n) is 15.4. The Hall–Kier alpha value is -8.28. The molecule has 0 bridgehead atoms. The number of rotatable bonds is 6. The minimum absolute atomic E-state index is 0.625. The van der Waals surface area contributed by atoms with Gasteiger partial charge in [-0.15, -0.1) is 0 Å². The van der Waals surface area contributed by atoms with Crippen molar-refractivity contribution in [2.45, 2.75) is 0 Å². The van der Waals surface area contributed by atoms with E-state index in [2.05, 4.69) is 133 Å². The fourth-order valence-electron chi connectivity index (χ4n) is 8.75. The first-order chi connectivity index (χ1) is 30.2. The third-order valence-corrected chi connectivity index (χ3v) is 11.7. The van der Waals surface area contributed by atoms with Crippen molar-refractivity contribution in [1.82, 2.24) is 19.9 Å². The van der Waals surface area contributed by atoms with E-state index in [4.69, 9.17) is 24.4 Å². The highest BCUT2D eigenvalue weighted by atomic mass is 16.3. The molecule has 0 aliphatic rings. The van der Waals surface area contributed by atoms with Crippen molar-refractivity contribution >= 4 is 54.4 Å². The minimum Gasteiger partial charge on any atom is -0.454 e. The first kappa shape index (κ1) is 34.7. The number of furan rings is 1. The van der Waals surface area contributed by atoms with Gasteiger partial charge in [0.1, 0.15) is 11.3 Å². The molecular weight excluding hydrogens is 745 g/mol. The van der Waals surface area contributed by atoms with Crippen molar-refractivity contribution in [2.75, 3.05) is 0 Å². The van der Waals surface area contributed by atoms with E-state index in [1.807, 2.05) is 72.8 Å². The summed E-state index contributed by atoms with van der Waals surface area (Å²) in [7, 11) is 0. The highest BCUT2D eigenvalue weighted by Gasteiger charge is 2.21. The van der Waals surface area contributed by atoms with Gasteiger partial charge in [0.25, 0.3) is 0 Å². The summed E-state index contributed by atoms with van der Waals surface area (Å²) < 4.78 is 6.77. The van der Waals surface area contributed by atoms with Crippen LogP contribution in [-0.2, 0) is 0 Å². The molecule has 0 aliphatic carbocycles. The lowest BCUT2D eigenvalue weighted by Crippen LogP contribution is -2.00. The van der Waals surface area contributed by atoms with Gasteiger partial charge >= 0.3 is 0 Å². The molecular formula is C56H34N4O. The van der Waals surface area contributed by atoms with Gasteiger partial charge in [-0.05, 0) is 80.2 Å². The zero-order valence-corrected chi connectivity index (χ0v) is 32.8. The van der Waals surface area contributed by atoms with Crippen LogP contribution in [0, 0.1) is 0 Å². The van der Waals surface area contributed by atoms with Crippen LogP contribution in [-0.4, -0.2) is 19.9 Å². The Morgan fingerprint density at radius 3 is 1.51 bits per heavy atom. The first-order valence-electron chi connectivity index (χ1n) is 20.5. The van der Waals surface area contributed by atoms with Crippen LogP contribution in [0.5, 0.6) is 0 Å². The molecule has 12 aromatic rings. The van der Waals surface area contributed by atoms with Crippen LogP contribution in [0.25, 0.3) is 122 Å². The lowest BCUT2D eigenvalue weighted by molar-refractivity contribution is 0.669. The molecule has 0 saturated carbocycles. The third kappa shape index (κ3) is 6.02. The summed E-state index contributed by atoms with van der Waals surface area (Å²) in [4.78, 5) is 20.3. The van der Waals surface area contributed by atoms with Gasteiger partial charge in [0.2, 0.25) is 0 Å². The van der Waals surface area contributed by atoms with Crippen molar-refractivity contribution in [3.05, 3.63) is 206 Å². The Morgan fingerprint density at radius 2 is 0.820 bits per heavy atom. The summed E-state index contributed by atoms with van der Waals surface area (Å²) in [6.07, 6.45) is 0. The second kappa shape index (κ2) is 14.2. The molecule has 3 aromatic heterocycles. The van der Waals surface area contributed by atoms with Crippen molar-refractivity contribution in [2.24, 2.45) is 0 Å². The summed E-state index contributed by atoms with van der Waals surface area (Å²) in [5.74, 6) is 1.90. The van der Waals surface area contributed by atoms with E-state index in [1.165, 1.54) is 16.2 Å². The van der Waals surface area contributed by atoms with Gasteiger partial charge in [-0.2, -0.15) is 0 Å². The standard InChI is InChI=1S/C56H34N4O/c1-3-15-35(16-4-1)54-58-55(36-17-5-2-6-18-36)60-56(59-54)42-23-14-22-39(32-42)37-20-13-21-38(31-37)40-29-30-49-48(33-40)51-46-27-11-12-28-50(46)61-53(51)52(57-49)47-34-41-19-7-8-24-43(41)44-25-9-10-26-45(44)47/h1-34H. The molecule has 0 spiro atoms. The summed E-state index contributed by atoms with van der Waals surface area (Å²) in [6, 6.07) is 71.7. The van der Waals surface area contributed by atoms with Crippen LogP contribution in [0.4, 0.5) is 0 Å². The fraction of sp³-hybridized carbons (Fsp3) is 0. The molecule has 0 fully saturated rings. The fourth-order valence-corrected chi connectivity index (χ4v) is 8.75. The lowest BCUT2D eigenvalue weighted by Gasteiger charge is -2.13. The van der Waals surface area contributed by atoms with Crippen LogP contribution < -0.4 is 0 Å². The van der Waals surface area contributed by atoms with Crippen LogP contribution in [0.1, 0.15) is 0 Å². The Labute approximate surface area is 351 Å². The molecule has 0 aliphatic heterocycles. The highest BCUT2D eigenvalue weighted by molar-refractivity contribution is 6.23. The number of benzene rings is 9. The van der Waals surface area contributed by atoms with Crippen molar-refractivity contribution in [3.8, 4) is 67.7 Å². The van der Waals surface area contributed by atoms with Crippen molar-refractivity contribution < 1.29 is 4.42 Å². The monoisotopic (exact) mass is 778 g/mol. The van der Waals surface area contributed by atoms with E-state index in [0.717, 1.165) is 88.4 Å². The van der Waals surface area contributed by atoms with Gasteiger partial charge in [-0.1, -0.05) is 170 Å². The van der Waals surface area contributed by atoms with Gasteiger partial charge in [0, 0.05) is 38.4 Å². The predicted molar refractivity (Wildman–Crippen MR) is 250 cm³/mol. The summed E-state index contributed by atoms with van der Waals surface area (Å²) in [5, 5.41) is 7.94. The van der Waals surface area contributed by atoms with Gasteiger partial charge < -0.3 is 4.42 Å². The molecule has 61 heavy (non-hydrogen) atoms. The number of hydrogen-bond donors (Lipinski definition) is 0. The number of fused-ring (bicyclic) bond motifs is 8. The molecule has 0 atom stereocenters. The largest absolute Gasteiger partial charge is 0.454 e. The topological polar surface area (TPSA) is 64.7 Å². The van der Waals surface area contributed by atoms with E-state index in [9.17, 15) is 0 Å². The van der Waals surface area contributed by atoms with Crippen LogP contribution >= 0.6 is 0 Å². The minimum atomic E-state index is 0.625. The van der Waals surface area contributed by atoms with Crippen molar-refractivity contribution in [3.63, 3.8) is 0 Å². The number of nitrogens with zero attached hydrogens (tertiary/aromatic N) is 4. The summed E-state index contributed by atoms with van der Waals surface area (Å²) in [5.41, 5.74) is 11.6. The summed E-state index contributed by atoms with van der Waals surface area (Å²) >= 11 is 0. The van der Waals surface area contributed by atoms with Crippen LogP contribution in [0.15, 0.2) is 211 Å². The molecule has 0 saturated heterocycles. The molecule has 12 rings (SSSR count). The van der Waals surface area contributed by atoms with Crippen molar-refractivity contribution in [1.29, 1.82) is 0 Å². The number of para-hydroxylation sites is 1. The summed E-state index contributed by atoms with van der Waals surface area (Å²) in [6.45, 7) is 0. The van der Waals surface area contributed by atoms with E-state index < -0.39 is 0 Å². The zero-order valence-electron chi connectivity index (χ0n) is 32.8. The molecule has 0 amide bonds. The number of aromatic nitrogens is 4. The Kier molecular flexibility index (Phi) is 8.10. The van der Waals surface area contributed by atoms with E-state index in [1.54, 1.807) is 0 Å². The van der Waals surface area contributed by atoms with Gasteiger partial charge in [-0.25, -0.2) is 19.9 Å². The third-order valence-electron chi connectivity index (χ3n) is 11.7. The number of pyridine rings is 1. The molecule has 9 aromatic carbocycles. The van der Waals surface area contributed by atoms with Gasteiger partial charge in [-0.3, -0.25) is 0 Å². The van der Waals surface area contributed by atoms with Gasteiger partial charge in [0.05, 0.1) is 5.52 Å². The average molecular weight is 779 g/mol. The van der Waals surface area contributed by atoms with Gasteiger partial charge in [0.15, 0.2) is 23.1 Å². The normalized spacial score (nSPS) is 11.6. The lowest BCUT2D eigenvalue weighted by atomic mass is 9.93. The van der Waals surface area contributed by atoms with Crippen LogP contribution in [0.3, 0.4) is 0 Å². The SMILES string of the molecule is c1ccc(-c2nc(-c3ccccc3)nc(-c3cccc(-c4cccc(-c5ccc6nc(-c7cc8ccccc8c8ccccc78)c7oc8ccccc8c7c6c5)c4)c3)n2)cc1. The second-order valence-corrected chi connectivity index (χ2v) is 15.4. The first-order valence-corrected chi connectivity index (χ1v) is 20.5.